The van der Waals surface area contributed by atoms with E-state index in [9.17, 15) is 0 Å². The summed E-state index contributed by atoms with van der Waals surface area (Å²) in [6.07, 6.45) is 6.70. The largest absolute Gasteiger partial charge is 0.336 e. The number of likely N-dealkylation sites (tertiary alicyclic amines) is 1. The average Bonchev–Trinajstić information content (AvgIpc) is 2.99. The van der Waals surface area contributed by atoms with E-state index < -0.39 is 0 Å². The number of nitrogens with zero attached hydrogens (tertiary/aromatic N) is 4. The summed E-state index contributed by atoms with van der Waals surface area (Å²) in [5, 5.41) is 0. The first-order valence-electron chi connectivity index (χ1n) is 6.89. The highest BCUT2D eigenvalue weighted by Crippen LogP contribution is 2.07. The van der Waals surface area contributed by atoms with Crippen LogP contribution >= 0.6 is 0 Å². The molecule has 102 valence electrons. The first-order chi connectivity index (χ1) is 8.78. The fraction of sp³-hybridized carbons (Fsp3) is 0.769. The zero-order valence-corrected chi connectivity index (χ0v) is 11.4. The second kappa shape index (κ2) is 6.87. The van der Waals surface area contributed by atoms with Gasteiger partial charge in [0.15, 0.2) is 0 Å². The van der Waals surface area contributed by atoms with E-state index in [0.717, 1.165) is 25.3 Å². The van der Waals surface area contributed by atoms with Crippen molar-refractivity contribution in [1.29, 1.82) is 0 Å². The van der Waals surface area contributed by atoms with Crippen molar-refractivity contribution in [2.45, 2.75) is 25.9 Å². The van der Waals surface area contributed by atoms with Gasteiger partial charge < -0.3 is 15.2 Å². The molecule has 18 heavy (non-hydrogen) atoms. The molecule has 2 heterocycles. The van der Waals surface area contributed by atoms with Crippen molar-refractivity contribution in [2.75, 3.05) is 39.8 Å². The van der Waals surface area contributed by atoms with Crippen molar-refractivity contribution < 1.29 is 0 Å². The van der Waals surface area contributed by atoms with E-state index in [-0.39, 0.29) is 0 Å². The molecule has 1 aliphatic heterocycles. The summed E-state index contributed by atoms with van der Waals surface area (Å²) >= 11 is 0. The van der Waals surface area contributed by atoms with E-state index in [1.807, 2.05) is 6.33 Å². The molecule has 0 spiro atoms. The summed E-state index contributed by atoms with van der Waals surface area (Å²) in [7, 11) is 2.16. The van der Waals surface area contributed by atoms with Gasteiger partial charge in [-0.3, -0.25) is 4.90 Å². The van der Waals surface area contributed by atoms with Gasteiger partial charge in [-0.05, 0) is 33.0 Å². The average molecular weight is 251 g/mol. The monoisotopic (exact) mass is 251 g/mol. The zero-order valence-electron chi connectivity index (χ0n) is 11.4. The Morgan fingerprint density at radius 3 is 2.83 bits per heavy atom. The molecular formula is C13H25N5. The van der Waals surface area contributed by atoms with Crippen LogP contribution in [0, 0.1) is 0 Å². The molecule has 5 heteroatoms. The lowest BCUT2D eigenvalue weighted by Gasteiger charge is -2.20. The van der Waals surface area contributed by atoms with E-state index >= 15 is 0 Å². The van der Waals surface area contributed by atoms with Crippen molar-refractivity contribution in [3.8, 4) is 0 Å². The highest BCUT2D eigenvalue weighted by Gasteiger charge is 2.12. The van der Waals surface area contributed by atoms with E-state index in [4.69, 9.17) is 5.73 Å². The van der Waals surface area contributed by atoms with Gasteiger partial charge in [0.25, 0.3) is 0 Å². The molecule has 0 saturated carbocycles. The topological polar surface area (TPSA) is 50.3 Å². The number of imidazole rings is 1. The molecule has 0 unspecified atom stereocenters. The fourth-order valence-corrected chi connectivity index (χ4v) is 2.43. The minimum atomic E-state index is 0.667. The van der Waals surface area contributed by atoms with Crippen LogP contribution in [0.3, 0.4) is 0 Å². The quantitative estimate of drug-likeness (QED) is 0.761. The van der Waals surface area contributed by atoms with E-state index in [1.165, 1.54) is 32.5 Å². The Labute approximate surface area is 110 Å². The summed E-state index contributed by atoms with van der Waals surface area (Å²) in [4.78, 5) is 9.29. The number of hydrogen-bond acceptors (Lipinski definition) is 4. The molecule has 1 saturated heterocycles. The third kappa shape index (κ3) is 4.08. The molecule has 2 rings (SSSR count). The number of rotatable bonds is 7. The molecule has 2 N–H and O–H groups in total. The standard InChI is InChI=1S/C13H25N5/c1-16(8-9-17-5-2-3-6-17)10-13-11-18(7-4-14)12-15-13/h11-12H,2-10,14H2,1H3. The smallest absolute Gasteiger partial charge is 0.0950 e. The maximum Gasteiger partial charge on any atom is 0.0950 e. The van der Waals surface area contributed by atoms with Crippen molar-refractivity contribution in [3.63, 3.8) is 0 Å². The van der Waals surface area contributed by atoms with Crippen LogP contribution in [0.4, 0.5) is 0 Å². The van der Waals surface area contributed by atoms with Crippen LogP contribution in [0.25, 0.3) is 0 Å². The van der Waals surface area contributed by atoms with Gasteiger partial charge in [-0.15, -0.1) is 0 Å². The molecule has 0 amide bonds. The zero-order chi connectivity index (χ0) is 12.8. The van der Waals surface area contributed by atoms with Gasteiger partial charge in [0.1, 0.15) is 0 Å². The predicted molar refractivity (Wildman–Crippen MR) is 73.3 cm³/mol. The summed E-state index contributed by atoms with van der Waals surface area (Å²) in [6, 6.07) is 0. The Kier molecular flexibility index (Phi) is 5.16. The number of likely N-dealkylation sites (N-methyl/N-ethyl adjacent to an activating group) is 1. The molecule has 1 aliphatic rings. The van der Waals surface area contributed by atoms with Crippen molar-refractivity contribution >= 4 is 0 Å². The highest BCUT2D eigenvalue weighted by molar-refractivity contribution is 4.96. The molecule has 1 aromatic heterocycles. The van der Waals surface area contributed by atoms with E-state index in [0.29, 0.717) is 6.54 Å². The van der Waals surface area contributed by atoms with Gasteiger partial charge in [-0.25, -0.2) is 4.98 Å². The first kappa shape index (κ1) is 13.5. The van der Waals surface area contributed by atoms with Gasteiger partial charge in [-0.1, -0.05) is 0 Å². The lowest BCUT2D eigenvalue weighted by atomic mass is 10.4. The summed E-state index contributed by atoms with van der Waals surface area (Å²) in [5.74, 6) is 0. The Morgan fingerprint density at radius 1 is 1.33 bits per heavy atom. The minimum absolute atomic E-state index is 0.667. The van der Waals surface area contributed by atoms with Crippen LogP contribution in [0.1, 0.15) is 18.5 Å². The van der Waals surface area contributed by atoms with Gasteiger partial charge >= 0.3 is 0 Å². The Morgan fingerprint density at radius 2 is 2.11 bits per heavy atom. The van der Waals surface area contributed by atoms with Crippen LogP contribution in [-0.4, -0.2) is 59.1 Å². The van der Waals surface area contributed by atoms with Crippen molar-refractivity contribution in [1.82, 2.24) is 19.4 Å². The molecule has 1 aromatic rings. The van der Waals surface area contributed by atoms with Gasteiger partial charge in [0.05, 0.1) is 12.0 Å². The SMILES string of the molecule is CN(CCN1CCCC1)Cc1cn(CCN)cn1. The molecule has 5 nitrogen and oxygen atoms in total. The molecule has 0 radical (unpaired) electrons. The summed E-state index contributed by atoms with van der Waals surface area (Å²) in [6.45, 7) is 7.29. The Balaban J connectivity index is 1.70. The van der Waals surface area contributed by atoms with E-state index in [2.05, 4.69) is 32.6 Å². The van der Waals surface area contributed by atoms with Gasteiger partial charge in [-0.2, -0.15) is 0 Å². The molecular weight excluding hydrogens is 226 g/mol. The Bertz CT molecular complexity index is 343. The second-order valence-corrected chi connectivity index (χ2v) is 5.18. The maximum absolute atomic E-state index is 5.52. The number of nitrogens with two attached hydrogens (primary N) is 1. The van der Waals surface area contributed by atoms with Crippen molar-refractivity contribution in [3.05, 3.63) is 18.2 Å². The lowest BCUT2D eigenvalue weighted by molar-refractivity contribution is 0.251. The molecule has 0 atom stereocenters. The lowest BCUT2D eigenvalue weighted by Crippen LogP contribution is -2.31. The van der Waals surface area contributed by atoms with Crippen molar-refractivity contribution in [2.24, 2.45) is 5.73 Å². The van der Waals surface area contributed by atoms with Crippen LogP contribution < -0.4 is 5.73 Å². The van der Waals surface area contributed by atoms with Crippen LogP contribution in [-0.2, 0) is 13.1 Å². The molecule has 0 bridgehead atoms. The number of aromatic nitrogens is 2. The maximum atomic E-state index is 5.52. The minimum Gasteiger partial charge on any atom is -0.336 e. The fourth-order valence-electron chi connectivity index (χ4n) is 2.43. The van der Waals surface area contributed by atoms with E-state index in [1.54, 1.807) is 0 Å². The molecule has 1 fully saturated rings. The van der Waals surface area contributed by atoms with Crippen LogP contribution in [0.15, 0.2) is 12.5 Å². The van der Waals surface area contributed by atoms with Gasteiger partial charge in [0.2, 0.25) is 0 Å². The Hall–Kier alpha value is -0.910. The van der Waals surface area contributed by atoms with Gasteiger partial charge in [0, 0.05) is 38.9 Å². The second-order valence-electron chi connectivity index (χ2n) is 5.18. The third-order valence-electron chi connectivity index (χ3n) is 3.50. The summed E-state index contributed by atoms with van der Waals surface area (Å²) in [5.41, 5.74) is 6.66. The molecule has 0 aromatic carbocycles. The number of hydrogen-bond donors (Lipinski definition) is 1. The van der Waals surface area contributed by atoms with Crippen LogP contribution in [0.2, 0.25) is 0 Å². The summed E-state index contributed by atoms with van der Waals surface area (Å²) < 4.78 is 2.06. The highest BCUT2D eigenvalue weighted by atomic mass is 15.2. The predicted octanol–water partition coefficient (Wildman–Crippen LogP) is 0.369. The first-order valence-corrected chi connectivity index (χ1v) is 6.89. The molecule has 0 aliphatic carbocycles. The third-order valence-corrected chi connectivity index (χ3v) is 3.50. The normalized spacial score (nSPS) is 16.8. The van der Waals surface area contributed by atoms with Crippen LogP contribution in [0.5, 0.6) is 0 Å².